The van der Waals surface area contributed by atoms with Gasteiger partial charge in [-0.1, -0.05) is 30.3 Å². The molecule has 0 aliphatic rings. The van der Waals surface area contributed by atoms with Gasteiger partial charge in [0.05, 0.1) is 11.7 Å². The molecule has 0 fully saturated rings. The normalized spacial score (nSPS) is 11.1. The zero-order valence-electron chi connectivity index (χ0n) is 11.4. The van der Waals surface area contributed by atoms with Crippen molar-refractivity contribution in [3.8, 4) is 0 Å². The Bertz CT molecular complexity index is 688. The van der Waals surface area contributed by atoms with Crippen LogP contribution < -0.4 is 5.32 Å². The van der Waals surface area contributed by atoms with E-state index in [0.717, 1.165) is 24.0 Å². The summed E-state index contributed by atoms with van der Waals surface area (Å²) in [5.41, 5.74) is 3.68. The van der Waals surface area contributed by atoms with Crippen LogP contribution in [0.15, 0.2) is 53.6 Å². The number of hydrogen-bond donors (Lipinski definition) is 2. The van der Waals surface area contributed by atoms with Crippen LogP contribution >= 0.6 is 11.8 Å². The number of nitrogens with one attached hydrogen (secondary N) is 2. The number of benzene rings is 2. The smallest absolute Gasteiger partial charge is 0.0695 e. The fourth-order valence-electron chi connectivity index (χ4n) is 2.26. The van der Waals surface area contributed by atoms with E-state index in [2.05, 4.69) is 64.2 Å². The maximum atomic E-state index is 4.09. The highest BCUT2D eigenvalue weighted by Gasteiger charge is 2.02. The second-order valence-corrected chi connectivity index (χ2v) is 5.58. The summed E-state index contributed by atoms with van der Waals surface area (Å²) >= 11 is 1.77. The number of aromatic amines is 1. The van der Waals surface area contributed by atoms with E-state index in [4.69, 9.17) is 0 Å². The van der Waals surface area contributed by atoms with Gasteiger partial charge in [0, 0.05) is 23.4 Å². The molecule has 0 atom stereocenters. The summed E-state index contributed by atoms with van der Waals surface area (Å²) in [5, 5.41) is 11.8. The van der Waals surface area contributed by atoms with Gasteiger partial charge in [0.25, 0.3) is 0 Å². The minimum Gasteiger partial charge on any atom is -0.309 e. The summed E-state index contributed by atoms with van der Waals surface area (Å²) in [6.45, 7) is 1.71. The summed E-state index contributed by atoms with van der Waals surface area (Å²) in [6.07, 6.45) is 3.96. The van der Waals surface area contributed by atoms with Gasteiger partial charge in [-0.15, -0.1) is 11.8 Å². The fraction of sp³-hybridized carbons (Fsp3) is 0.188. The van der Waals surface area contributed by atoms with Gasteiger partial charge in [-0.05, 0) is 29.5 Å². The highest BCUT2D eigenvalue weighted by molar-refractivity contribution is 7.98. The molecule has 0 saturated heterocycles. The molecule has 1 aromatic heterocycles. The van der Waals surface area contributed by atoms with E-state index in [1.807, 2.05) is 6.20 Å². The van der Waals surface area contributed by atoms with Gasteiger partial charge in [0.15, 0.2) is 0 Å². The Balaban J connectivity index is 1.63. The summed E-state index contributed by atoms with van der Waals surface area (Å²) in [5.74, 6) is 0. The molecule has 0 saturated carbocycles. The van der Waals surface area contributed by atoms with Crippen molar-refractivity contribution < 1.29 is 0 Å². The zero-order valence-corrected chi connectivity index (χ0v) is 12.2. The van der Waals surface area contributed by atoms with E-state index in [0.29, 0.717) is 0 Å². The van der Waals surface area contributed by atoms with Crippen LogP contribution in [0.1, 0.15) is 11.1 Å². The molecule has 2 N–H and O–H groups in total. The first-order valence-electron chi connectivity index (χ1n) is 6.61. The molecule has 0 unspecified atom stereocenters. The van der Waals surface area contributed by atoms with Crippen LogP contribution in [0.25, 0.3) is 10.9 Å². The number of para-hydroxylation sites is 1. The Morgan fingerprint density at radius 2 is 1.95 bits per heavy atom. The van der Waals surface area contributed by atoms with Gasteiger partial charge in [0.1, 0.15) is 0 Å². The molecule has 4 heteroatoms. The van der Waals surface area contributed by atoms with Gasteiger partial charge >= 0.3 is 0 Å². The van der Waals surface area contributed by atoms with Crippen LogP contribution in [0.3, 0.4) is 0 Å². The maximum absolute atomic E-state index is 4.09. The molecule has 1 heterocycles. The van der Waals surface area contributed by atoms with Crippen molar-refractivity contribution in [1.82, 2.24) is 15.5 Å². The Morgan fingerprint density at radius 3 is 2.75 bits per heavy atom. The van der Waals surface area contributed by atoms with Crippen molar-refractivity contribution in [3.63, 3.8) is 0 Å². The predicted molar refractivity (Wildman–Crippen MR) is 84.9 cm³/mol. The Kier molecular flexibility index (Phi) is 4.04. The molecule has 3 nitrogen and oxygen atoms in total. The third-order valence-corrected chi connectivity index (χ3v) is 4.11. The molecule has 0 aliphatic heterocycles. The second kappa shape index (κ2) is 6.11. The monoisotopic (exact) mass is 283 g/mol. The first kappa shape index (κ1) is 13.2. The van der Waals surface area contributed by atoms with Gasteiger partial charge in [0.2, 0.25) is 0 Å². The molecule has 102 valence electrons. The van der Waals surface area contributed by atoms with Crippen LogP contribution in [0.5, 0.6) is 0 Å². The van der Waals surface area contributed by atoms with Gasteiger partial charge in [-0.3, -0.25) is 5.10 Å². The first-order valence-corrected chi connectivity index (χ1v) is 7.84. The molecule has 2 aromatic carbocycles. The average molecular weight is 283 g/mol. The first-order chi connectivity index (χ1) is 9.86. The number of aromatic nitrogens is 2. The molecular formula is C16H17N3S. The van der Waals surface area contributed by atoms with E-state index in [1.54, 1.807) is 11.8 Å². The molecule has 20 heavy (non-hydrogen) atoms. The highest BCUT2D eigenvalue weighted by atomic mass is 32.2. The summed E-state index contributed by atoms with van der Waals surface area (Å²) in [7, 11) is 0. The number of H-pyrrole nitrogens is 1. The fourth-order valence-corrected chi connectivity index (χ4v) is 2.67. The molecular weight excluding hydrogens is 266 g/mol. The number of thioether (sulfide) groups is 1. The quantitative estimate of drug-likeness (QED) is 0.703. The lowest BCUT2D eigenvalue weighted by atomic mass is 10.1. The molecule has 0 aliphatic carbocycles. The SMILES string of the molecule is CSc1ccc(CNCc2cccc3cn[nH]c23)cc1. The number of nitrogens with zero attached hydrogens (tertiary/aromatic N) is 1. The van der Waals surface area contributed by atoms with E-state index < -0.39 is 0 Å². The zero-order chi connectivity index (χ0) is 13.8. The molecule has 0 amide bonds. The standard InChI is InChI=1S/C16H17N3S/c1-20-15-7-5-12(6-8-15)9-17-10-13-3-2-4-14-11-18-19-16(13)14/h2-8,11,17H,9-10H2,1H3,(H,18,19). The lowest BCUT2D eigenvalue weighted by Crippen LogP contribution is -2.12. The molecule has 3 rings (SSSR count). The molecule has 0 spiro atoms. The third-order valence-electron chi connectivity index (χ3n) is 3.37. The van der Waals surface area contributed by atoms with Crippen molar-refractivity contribution in [2.24, 2.45) is 0 Å². The summed E-state index contributed by atoms with van der Waals surface area (Å²) in [4.78, 5) is 1.30. The number of fused-ring (bicyclic) bond motifs is 1. The third kappa shape index (κ3) is 2.86. The Hall–Kier alpha value is -1.78. The Morgan fingerprint density at radius 1 is 1.10 bits per heavy atom. The number of rotatable bonds is 5. The predicted octanol–water partition coefficient (Wildman–Crippen LogP) is 3.57. The van der Waals surface area contributed by atoms with Crippen molar-refractivity contribution >= 4 is 22.7 Å². The van der Waals surface area contributed by atoms with Gasteiger partial charge in [-0.25, -0.2) is 0 Å². The van der Waals surface area contributed by atoms with E-state index in [9.17, 15) is 0 Å². The second-order valence-electron chi connectivity index (χ2n) is 4.70. The molecule has 0 radical (unpaired) electrons. The lowest BCUT2D eigenvalue weighted by molar-refractivity contribution is 0.695. The van der Waals surface area contributed by atoms with Gasteiger partial charge < -0.3 is 5.32 Å². The summed E-state index contributed by atoms with van der Waals surface area (Å²) < 4.78 is 0. The Labute approximate surface area is 122 Å². The maximum Gasteiger partial charge on any atom is 0.0695 e. The van der Waals surface area contributed by atoms with Crippen LogP contribution in [-0.2, 0) is 13.1 Å². The van der Waals surface area contributed by atoms with Gasteiger partial charge in [-0.2, -0.15) is 5.10 Å². The van der Waals surface area contributed by atoms with Crippen LogP contribution in [0.4, 0.5) is 0 Å². The highest BCUT2D eigenvalue weighted by Crippen LogP contribution is 2.16. The van der Waals surface area contributed by atoms with Crippen LogP contribution in [-0.4, -0.2) is 16.5 Å². The summed E-state index contributed by atoms with van der Waals surface area (Å²) in [6, 6.07) is 15.0. The average Bonchev–Trinajstić information content (AvgIpc) is 2.97. The van der Waals surface area contributed by atoms with Crippen molar-refractivity contribution in [3.05, 3.63) is 59.8 Å². The van der Waals surface area contributed by atoms with Crippen molar-refractivity contribution in [2.75, 3.05) is 6.26 Å². The van der Waals surface area contributed by atoms with E-state index in [-0.39, 0.29) is 0 Å². The molecule has 3 aromatic rings. The molecule has 0 bridgehead atoms. The minimum atomic E-state index is 0.837. The van der Waals surface area contributed by atoms with Crippen LogP contribution in [0.2, 0.25) is 0 Å². The van der Waals surface area contributed by atoms with Crippen LogP contribution in [0, 0.1) is 0 Å². The number of hydrogen-bond acceptors (Lipinski definition) is 3. The minimum absolute atomic E-state index is 0.837. The van der Waals surface area contributed by atoms with E-state index in [1.165, 1.54) is 16.0 Å². The van der Waals surface area contributed by atoms with Crippen molar-refractivity contribution in [2.45, 2.75) is 18.0 Å². The largest absolute Gasteiger partial charge is 0.309 e. The van der Waals surface area contributed by atoms with Crippen molar-refractivity contribution in [1.29, 1.82) is 0 Å². The lowest BCUT2D eigenvalue weighted by Gasteiger charge is -2.07. The topological polar surface area (TPSA) is 40.7 Å². The van der Waals surface area contributed by atoms with E-state index >= 15 is 0 Å².